The van der Waals surface area contributed by atoms with Crippen LogP contribution in [0.15, 0.2) is 72.8 Å². The molecule has 0 atom stereocenters. The molecule has 0 spiro atoms. The molecule has 0 fully saturated rings. The predicted octanol–water partition coefficient (Wildman–Crippen LogP) is 4.63. The zero-order chi connectivity index (χ0) is 19.2. The first-order chi connectivity index (χ1) is 13.1. The number of rotatable bonds is 5. The number of nitrogens with one attached hydrogen (secondary N) is 1. The third-order valence-electron chi connectivity index (χ3n) is 4.44. The molecule has 0 radical (unpaired) electrons. The summed E-state index contributed by atoms with van der Waals surface area (Å²) in [4.78, 5) is 24.2. The molecular weight excluding hydrogens is 338 g/mol. The molecular formula is C23H21NO3. The molecule has 0 heterocycles. The summed E-state index contributed by atoms with van der Waals surface area (Å²) in [7, 11) is 1.34. The Morgan fingerprint density at radius 2 is 1.52 bits per heavy atom. The van der Waals surface area contributed by atoms with Gasteiger partial charge in [-0.2, -0.15) is 0 Å². The summed E-state index contributed by atoms with van der Waals surface area (Å²) in [6.07, 6.45) is 0.261. The largest absolute Gasteiger partial charge is 0.465 e. The Kier molecular flexibility index (Phi) is 5.67. The molecule has 4 heteroatoms. The summed E-state index contributed by atoms with van der Waals surface area (Å²) in [5.41, 5.74) is 4.93. The van der Waals surface area contributed by atoms with Crippen LogP contribution in [-0.2, 0) is 16.0 Å². The van der Waals surface area contributed by atoms with Gasteiger partial charge in [-0.15, -0.1) is 0 Å². The van der Waals surface area contributed by atoms with Crippen LogP contribution in [-0.4, -0.2) is 19.0 Å². The van der Waals surface area contributed by atoms with E-state index in [0.29, 0.717) is 16.8 Å². The Labute approximate surface area is 158 Å². The number of esters is 1. The lowest BCUT2D eigenvalue weighted by Crippen LogP contribution is -2.16. The zero-order valence-electron chi connectivity index (χ0n) is 15.4. The molecule has 136 valence electrons. The van der Waals surface area contributed by atoms with E-state index in [2.05, 4.69) is 17.4 Å². The molecule has 1 N–H and O–H groups in total. The Morgan fingerprint density at radius 1 is 0.852 bits per heavy atom. The van der Waals surface area contributed by atoms with Crippen LogP contribution in [0, 0.1) is 6.92 Å². The minimum Gasteiger partial charge on any atom is -0.465 e. The molecule has 3 aromatic carbocycles. The van der Waals surface area contributed by atoms with Gasteiger partial charge in [0.15, 0.2) is 0 Å². The summed E-state index contributed by atoms with van der Waals surface area (Å²) in [6.45, 7) is 1.79. The van der Waals surface area contributed by atoms with Gasteiger partial charge < -0.3 is 10.1 Å². The van der Waals surface area contributed by atoms with Crippen LogP contribution in [0.25, 0.3) is 11.1 Å². The highest BCUT2D eigenvalue weighted by molar-refractivity contribution is 5.97. The highest BCUT2D eigenvalue weighted by Gasteiger charge is 2.13. The summed E-state index contributed by atoms with van der Waals surface area (Å²) < 4.78 is 4.77. The summed E-state index contributed by atoms with van der Waals surface area (Å²) in [6, 6.07) is 23.2. The number of carbonyl (C=O) groups is 2. The topological polar surface area (TPSA) is 55.4 Å². The van der Waals surface area contributed by atoms with E-state index >= 15 is 0 Å². The molecule has 0 saturated heterocycles. The first-order valence-corrected chi connectivity index (χ1v) is 8.70. The number of methoxy groups -OCH3 is 1. The first kappa shape index (κ1) is 18.4. The van der Waals surface area contributed by atoms with Crippen LogP contribution >= 0.6 is 0 Å². The maximum atomic E-state index is 12.4. The van der Waals surface area contributed by atoms with Gasteiger partial charge >= 0.3 is 5.97 Å². The molecule has 0 saturated carbocycles. The molecule has 0 bridgehead atoms. The Balaban J connectivity index is 1.69. The van der Waals surface area contributed by atoms with Crippen molar-refractivity contribution in [2.45, 2.75) is 13.3 Å². The summed E-state index contributed by atoms with van der Waals surface area (Å²) >= 11 is 0. The number of amides is 1. The fraction of sp³-hybridized carbons (Fsp3) is 0.130. The number of anilines is 1. The Hall–Kier alpha value is -3.40. The van der Waals surface area contributed by atoms with Gasteiger partial charge in [0.25, 0.3) is 0 Å². The quantitative estimate of drug-likeness (QED) is 0.676. The Morgan fingerprint density at radius 3 is 2.19 bits per heavy atom. The standard InChI is InChI=1S/C23H21NO3/c1-16-20(23(26)27-2)9-6-10-21(16)24-22(25)15-17-11-13-19(14-12-17)18-7-4-3-5-8-18/h3-14H,15H2,1-2H3,(H,24,25). The number of hydrogen-bond donors (Lipinski definition) is 1. The average Bonchev–Trinajstić information content (AvgIpc) is 2.70. The van der Waals surface area contributed by atoms with Gasteiger partial charge in [-0.25, -0.2) is 4.79 Å². The van der Waals surface area contributed by atoms with Gasteiger partial charge in [0.2, 0.25) is 5.91 Å². The molecule has 0 aromatic heterocycles. The van der Waals surface area contributed by atoms with Crippen molar-refractivity contribution in [3.05, 3.63) is 89.5 Å². The molecule has 0 aliphatic heterocycles. The minimum atomic E-state index is -0.417. The fourth-order valence-corrected chi connectivity index (χ4v) is 2.93. The second kappa shape index (κ2) is 8.32. The maximum absolute atomic E-state index is 12.4. The van der Waals surface area contributed by atoms with Crippen molar-refractivity contribution < 1.29 is 14.3 Å². The third kappa shape index (κ3) is 4.42. The van der Waals surface area contributed by atoms with E-state index in [-0.39, 0.29) is 12.3 Å². The van der Waals surface area contributed by atoms with Crippen LogP contribution < -0.4 is 5.32 Å². The molecule has 3 rings (SSSR count). The highest BCUT2D eigenvalue weighted by Crippen LogP contribution is 2.21. The fourth-order valence-electron chi connectivity index (χ4n) is 2.93. The van der Waals surface area contributed by atoms with Crippen LogP contribution in [0.5, 0.6) is 0 Å². The van der Waals surface area contributed by atoms with Gasteiger partial charge in [-0.3, -0.25) is 4.79 Å². The summed E-state index contributed by atoms with van der Waals surface area (Å²) in [5, 5.41) is 2.88. The lowest BCUT2D eigenvalue weighted by atomic mass is 10.0. The van der Waals surface area contributed by atoms with Crippen molar-refractivity contribution in [3.63, 3.8) is 0 Å². The molecule has 1 amide bonds. The Bertz CT molecular complexity index is 947. The second-order valence-electron chi connectivity index (χ2n) is 6.26. The molecule has 4 nitrogen and oxygen atoms in total. The van der Waals surface area contributed by atoms with E-state index in [4.69, 9.17) is 4.74 Å². The monoisotopic (exact) mass is 359 g/mol. The normalized spacial score (nSPS) is 10.3. The molecule has 27 heavy (non-hydrogen) atoms. The maximum Gasteiger partial charge on any atom is 0.338 e. The van der Waals surface area contributed by atoms with Crippen molar-refractivity contribution in [2.24, 2.45) is 0 Å². The SMILES string of the molecule is COC(=O)c1cccc(NC(=O)Cc2ccc(-c3ccccc3)cc2)c1C. The van der Waals surface area contributed by atoms with Crippen molar-refractivity contribution in [3.8, 4) is 11.1 Å². The average molecular weight is 359 g/mol. The van der Waals surface area contributed by atoms with Crippen LogP contribution in [0.1, 0.15) is 21.5 Å². The van der Waals surface area contributed by atoms with Crippen LogP contribution in [0.4, 0.5) is 5.69 Å². The first-order valence-electron chi connectivity index (χ1n) is 8.70. The van der Waals surface area contributed by atoms with E-state index in [1.807, 2.05) is 42.5 Å². The molecule has 0 aliphatic rings. The van der Waals surface area contributed by atoms with E-state index in [9.17, 15) is 9.59 Å². The van der Waals surface area contributed by atoms with Crippen molar-refractivity contribution in [2.75, 3.05) is 12.4 Å². The lowest BCUT2D eigenvalue weighted by Gasteiger charge is -2.11. The third-order valence-corrected chi connectivity index (χ3v) is 4.44. The number of benzene rings is 3. The predicted molar refractivity (Wildman–Crippen MR) is 107 cm³/mol. The van der Waals surface area contributed by atoms with Gasteiger partial charge in [-0.1, -0.05) is 60.7 Å². The van der Waals surface area contributed by atoms with Gasteiger partial charge in [0, 0.05) is 5.69 Å². The van der Waals surface area contributed by atoms with Gasteiger partial charge in [0.05, 0.1) is 19.1 Å². The van der Waals surface area contributed by atoms with Crippen molar-refractivity contribution in [1.82, 2.24) is 0 Å². The summed E-state index contributed by atoms with van der Waals surface area (Å²) in [5.74, 6) is -0.548. The minimum absolute atomic E-state index is 0.132. The lowest BCUT2D eigenvalue weighted by molar-refractivity contribution is -0.115. The van der Waals surface area contributed by atoms with Crippen LogP contribution in [0.3, 0.4) is 0 Å². The van der Waals surface area contributed by atoms with Crippen molar-refractivity contribution >= 4 is 17.6 Å². The van der Waals surface area contributed by atoms with Gasteiger partial charge in [-0.05, 0) is 41.3 Å². The zero-order valence-corrected chi connectivity index (χ0v) is 15.4. The van der Waals surface area contributed by atoms with Crippen molar-refractivity contribution in [1.29, 1.82) is 0 Å². The molecule has 0 aliphatic carbocycles. The van der Waals surface area contributed by atoms with E-state index in [0.717, 1.165) is 16.7 Å². The van der Waals surface area contributed by atoms with Gasteiger partial charge in [0.1, 0.15) is 0 Å². The number of ether oxygens (including phenoxy) is 1. The van der Waals surface area contributed by atoms with Crippen LogP contribution in [0.2, 0.25) is 0 Å². The molecule has 0 unspecified atom stereocenters. The highest BCUT2D eigenvalue weighted by atomic mass is 16.5. The van der Waals surface area contributed by atoms with E-state index in [1.165, 1.54) is 7.11 Å². The number of hydrogen-bond acceptors (Lipinski definition) is 3. The smallest absolute Gasteiger partial charge is 0.338 e. The van der Waals surface area contributed by atoms with E-state index in [1.54, 1.807) is 25.1 Å². The molecule has 3 aromatic rings. The second-order valence-corrected chi connectivity index (χ2v) is 6.26. The van der Waals surface area contributed by atoms with E-state index < -0.39 is 5.97 Å². The number of carbonyl (C=O) groups excluding carboxylic acids is 2.